The van der Waals surface area contributed by atoms with Gasteiger partial charge in [0.2, 0.25) is 0 Å². The summed E-state index contributed by atoms with van der Waals surface area (Å²) in [6.45, 7) is 1.80. The minimum Gasteiger partial charge on any atom is -0.507 e. The molecule has 1 aromatic heterocycles. The number of nitrogens with zero attached hydrogens (tertiary/aromatic N) is 2. The van der Waals surface area contributed by atoms with Gasteiger partial charge in [0.1, 0.15) is 17.3 Å². The van der Waals surface area contributed by atoms with E-state index in [1.165, 1.54) is 30.2 Å². The summed E-state index contributed by atoms with van der Waals surface area (Å²) < 4.78 is 20.2. The molecule has 0 saturated carbocycles. The minimum atomic E-state index is -1.12. The molecule has 162 valence electrons. The second-order valence-corrected chi connectivity index (χ2v) is 7.47. The highest BCUT2D eigenvalue weighted by Crippen LogP contribution is 2.42. The number of aliphatic hydroxyl groups excluding tert-OH is 1. The van der Waals surface area contributed by atoms with Crippen LogP contribution in [0.1, 0.15) is 28.4 Å². The van der Waals surface area contributed by atoms with Crippen molar-refractivity contribution < 1.29 is 23.8 Å². The molecule has 2 aromatic carbocycles. The van der Waals surface area contributed by atoms with E-state index >= 15 is 0 Å². The number of rotatable bonds is 5. The van der Waals surface area contributed by atoms with E-state index in [9.17, 15) is 19.1 Å². The molecule has 1 fully saturated rings. The van der Waals surface area contributed by atoms with Crippen LogP contribution in [0.5, 0.6) is 5.75 Å². The van der Waals surface area contributed by atoms with Crippen LogP contribution in [-0.2, 0) is 16.1 Å². The summed E-state index contributed by atoms with van der Waals surface area (Å²) in [7, 11) is 1.44. The molecule has 1 amide bonds. The average Bonchev–Trinajstić information content (AvgIpc) is 3.04. The Morgan fingerprint density at radius 3 is 2.56 bits per heavy atom. The van der Waals surface area contributed by atoms with E-state index in [0.717, 1.165) is 5.56 Å². The number of ether oxygens (including phenoxy) is 1. The van der Waals surface area contributed by atoms with Gasteiger partial charge in [-0.25, -0.2) is 4.39 Å². The molecular weight excluding hydrogens is 411 g/mol. The molecule has 0 spiro atoms. The van der Waals surface area contributed by atoms with Gasteiger partial charge in [-0.2, -0.15) is 0 Å². The standard InChI is InChI=1S/C25H21FN2O4/c1-15-10-11-20(32-2)18(13-15)23(29)21-22(17-8-3-4-9-19(17)26)28(25(31)24(21)30)14-16-7-5-6-12-27-16/h3-13,22,29H,14H2,1-2H3/b23-21+. The molecule has 0 bridgehead atoms. The van der Waals surface area contributed by atoms with E-state index in [0.29, 0.717) is 11.4 Å². The number of methoxy groups -OCH3 is 1. The van der Waals surface area contributed by atoms with E-state index in [2.05, 4.69) is 4.98 Å². The lowest BCUT2D eigenvalue weighted by Crippen LogP contribution is -2.30. The number of carbonyl (C=O) groups is 2. The number of amides is 1. The van der Waals surface area contributed by atoms with Crippen molar-refractivity contribution in [2.45, 2.75) is 19.5 Å². The van der Waals surface area contributed by atoms with Gasteiger partial charge in [0, 0.05) is 11.8 Å². The van der Waals surface area contributed by atoms with Crippen LogP contribution >= 0.6 is 0 Å². The number of aromatic nitrogens is 1. The molecule has 0 radical (unpaired) electrons. The van der Waals surface area contributed by atoms with Gasteiger partial charge in [-0.1, -0.05) is 35.9 Å². The lowest BCUT2D eigenvalue weighted by atomic mass is 9.94. The third kappa shape index (κ3) is 3.73. The van der Waals surface area contributed by atoms with Gasteiger partial charge < -0.3 is 14.7 Å². The van der Waals surface area contributed by atoms with E-state index < -0.39 is 29.3 Å². The highest BCUT2D eigenvalue weighted by Gasteiger charge is 2.47. The quantitative estimate of drug-likeness (QED) is 0.372. The van der Waals surface area contributed by atoms with Crippen molar-refractivity contribution in [2.75, 3.05) is 7.11 Å². The van der Waals surface area contributed by atoms with E-state index in [-0.39, 0.29) is 23.2 Å². The van der Waals surface area contributed by atoms with Gasteiger partial charge in [0.15, 0.2) is 0 Å². The van der Waals surface area contributed by atoms with Crippen molar-refractivity contribution in [1.82, 2.24) is 9.88 Å². The van der Waals surface area contributed by atoms with Gasteiger partial charge in [0.25, 0.3) is 11.7 Å². The molecule has 1 aliphatic heterocycles. The first kappa shape index (κ1) is 21.2. The van der Waals surface area contributed by atoms with E-state index in [4.69, 9.17) is 4.74 Å². The maximum absolute atomic E-state index is 14.9. The molecule has 4 rings (SSSR count). The Bertz CT molecular complexity index is 1220. The third-order valence-electron chi connectivity index (χ3n) is 5.41. The zero-order valence-corrected chi connectivity index (χ0v) is 17.6. The van der Waals surface area contributed by atoms with Crippen LogP contribution in [0.25, 0.3) is 5.76 Å². The monoisotopic (exact) mass is 432 g/mol. The highest BCUT2D eigenvalue weighted by atomic mass is 19.1. The topological polar surface area (TPSA) is 79.7 Å². The summed E-state index contributed by atoms with van der Waals surface area (Å²) in [4.78, 5) is 31.6. The molecule has 3 aromatic rings. The Balaban J connectivity index is 1.93. The van der Waals surface area contributed by atoms with Crippen LogP contribution in [0.2, 0.25) is 0 Å². The maximum Gasteiger partial charge on any atom is 0.296 e. The first-order valence-electron chi connectivity index (χ1n) is 10.00. The summed E-state index contributed by atoms with van der Waals surface area (Å²) in [6, 6.07) is 15.1. The van der Waals surface area contributed by atoms with Crippen LogP contribution in [0.3, 0.4) is 0 Å². The molecule has 1 unspecified atom stereocenters. The second-order valence-electron chi connectivity index (χ2n) is 7.47. The highest BCUT2D eigenvalue weighted by molar-refractivity contribution is 6.46. The van der Waals surface area contributed by atoms with Gasteiger partial charge in [0.05, 0.1) is 36.5 Å². The fourth-order valence-electron chi connectivity index (χ4n) is 3.88. The molecular formula is C25H21FN2O4. The number of hydrogen-bond acceptors (Lipinski definition) is 5. The molecule has 7 heteroatoms. The number of hydrogen-bond donors (Lipinski definition) is 1. The SMILES string of the molecule is COc1ccc(C)cc1/C(O)=C1\C(=O)C(=O)N(Cc2ccccn2)C1c1ccccc1F. The maximum atomic E-state index is 14.9. The molecule has 1 atom stereocenters. The zero-order chi connectivity index (χ0) is 22.8. The predicted octanol–water partition coefficient (Wildman–Crippen LogP) is 4.16. The van der Waals surface area contributed by atoms with Crippen molar-refractivity contribution in [3.05, 3.63) is 101 Å². The Kier molecular flexibility index (Phi) is 5.73. The summed E-state index contributed by atoms with van der Waals surface area (Å²) in [5.74, 6) is -2.41. The van der Waals surface area contributed by atoms with Crippen LogP contribution in [0.4, 0.5) is 4.39 Å². The number of pyridine rings is 1. The summed E-state index contributed by atoms with van der Waals surface area (Å²) in [5.41, 5.74) is 1.52. The summed E-state index contributed by atoms with van der Waals surface area (Å²) in [5, 5.41) is 11.2. The summed E-state index contributed by atoms with van der Waals surface area (Å²) >= 11 is 0. The molecule has 6 nitrogen and oxygen atoms in total. The van der Waals surface area contributed by atoms with Crippen LogP contribution in [0.15, 0.2) is 72.4 Å². The number of likely N-dealkylation sites (tertiary alicyclic amines) is 1. The zero-order valence-electron chi connectivity index (χ0n) is 17.6. The van der Waals surface area contributed by atoms with Crippen molar-refractivity contribution in [3.63, 3.8) is 0 Å². The Labute approximate surface area is 184 Å². The fourth-order valence-corrected chi connectivity index (χ4v) is 3.88. The van der Waals surface area contributed by atoms with Gasteiger partial charge in [-0.15, -0.1) is 0 Å². The Morgan fingerprint density at radius 1 is 1.12 bits per heavy atom. The number of carbonyl (C=O) groups excluding carboxylic acids is 2. The number of halogens is 1. The van der Waals surface area contributed by atoms with E-state index in [1.807, 2.05) is 6.92 Å². The number of aliphatic hydroxyl groups is 1. The number of benzene rings is 2. The second kappa shape index (κ2) is 8.63. The van der Waals surface area contributed by atoms with E-state index in [1.54, 1.807) is 48.7 Å². The van der Waals surface area contributed by atoms with Crippen LogP contribution < -0.4 is 4.74 Å². The third-order valence-corrected chi connectivity index (χ3v) is 5.41. The lowest BCUT2D eigenvalue weighted by Gasteiger charge is -2.25. The normalized spacial score (nSPS) is 17.6. The lowest BCUT2D eigenvalue weighted by molar-refractivity contribution is -0.140. The van der Waals surface area contributed by atoms with Gasteiger partial charge in [-0.3, -0.25) is 14.6 Å². The fraction of sp³-hybridized carbons (Fsp3) is 0.160. The number of Topliss-reactive ketones (excluding diaryl/α,β-unsaturated/α-hetero) is 1. The largest absolute Gasteiger partial charge is 0.507 e. The molecule has 32 heavy (non-hydrogen) atoms. The van der Waals surface area contributed by atoms with Gasteiger partial charge >= 0.3 is 0 Å². The number of aryl methyl sites for hydroxylation is 1. The van der Waals surface area contributed by atoms with Gasteiger partial charge in [-0.05, 0) is 37.3 Å². The molecule has 1 aliphatic rings. The van der Waals surface area contributed by atoms with Crippen molar-refractivity contribution in [1.29, 1.82) is 0 Å². The Morgan fingerprint density at radius 2 is 1.88 bits per heavy atom. The first-order chi connectivity index (χ1) is 15.4. The molecule has 1 saturated heterocycles. The minimum absolute atomic E-state index is 0.0217. The first-order valence-corrected chi connectivity index (χ1v) is 10.00. The van der Waals surface area contributed by atoms with Crippen molar-refractivity contribution >= 4 is 17.4 Å². The predicted molar refractivity (Wildman–Crippen MR) is 116 cm³/mol. The number of ketones is 1. The molecule has 1 N–H and O–H groups in total. The van der Waals surface area contributed by atoms with Crippen molar-refractivity contribution in [2.24, 2.45) is 0 Å². The molecule has 0 aliphatic carbocycles. The molecule has 2 heterocycles. The smallest absolute Gasteiger partial charge is 0.296 e. The van der Waals surface area contributed by atoms with Crippen LogP contribution in [0, 0.1) is 12.7 Å². The average molecular weight is 432 g/mol. The Hall–Kier alpha value is -4.00. The van der Waals surface area contributed by atoms with Crippen LogP contribution in [-0.4, -0.2) is 33.8 Å². The van der Waals surface area contributed by atoms with Crippen molar-refractivity contribution in [3.8, 4) is 5.75 Å². The summed E-state index contributed by atoms with van der Waals surface area (Å²) in [6.07, 6.45) is 1.57.